The number of nitrogens with one attached hydrogen (secondary N) is 1. The van der Waals surface area contributed by atoms with Crippen LogP contribution in [0.3, 0.4) is 0 Å². The van der Waals surface area contributed by atoms with Gasteiger partial charge < -0.3 is 15.8 Å². The van der Waals surface area contributed by atoms with E-state index in [0.29, 0.717) is 18.0 Å². The average Bonchev–Trinajstić information content (AvgIpc) is 2.72. The number of hydrogen-bond acceptors (Lipinski definition) is 3. The van der Waals surface area contributed by atoms with Crippen molar-refractivity contribution < 1.29 is 4.74 Å². The molecule has 3 unspecified atom stereocenters. The zero-order chi connectivity index (χ0) is 13.8. The first kappa shape index (κ1) is 14.5. The summed E-state index contributed by atoms with van der Waals surface area (Å²) in [6, 6.07) is 9.41. The Morgan fingerprint density at radius 3 is 2.63 bits per heavy atom. The lowest BCUT2D eigenvalue weighted by Gasteiger charge is -2.26. The van der Waals surface area contributed by atoms with Crippen molar-refractivity contribution in [2.24, 2.45) is 11.7 Å². The first-order valence-electron chi connectivity index (χ1n) is 7.31. The Morgan fingerprint density at radius 1 is 1.32 bits per heavy atom. The summed E-state index contributed by atoms with van der Waals surface area (Å²) in [4.78, 5) is 0. The van der Waals surface area contributed by atoms with Gasteiger partial charge in [-0.1, -0.05) is 38.1 Å². The Bertz CT molecular complexity index is 405. The molecule has 0 saturated heterocycles. The predicted molar refractivity (Wildman–Crippen MR) is 79.0 cm³/mol. The SMILES string of the molecule is CCOCC(NC1CC(N)c2ccccc21)C(C)C. The maximum absolute atomic E-state index is 6.22. The quantitative estimate of drug-likeness (QED) is 0.828. The van der Waals surface area contributed by atoms with Gasteiger partial charge in [-0.15, -0.1) is 0 Å². The number of fused-ring (bicyclic) bond motifs is 1. The zero-order valence-corrected chi connectivity index (χ0v) is 12.2. The minimum atomic E-state index is 0.161. The van der Waals surface area contributed by atoms with Crippen molar-refractivity contribution in [3.05, 3.63) is 35.4 Å². The molecule has 0 heterocycles. The van der Waals surface area contributed by atoms with Gasteiger partial charge in [-0.2, -0.15) is 0 Å². The lowest BCUT2D eigenvalue weighted by atomic mass is 10.0. The second-order valence-corrected chi connectivity index (χ2v) is 5.70. The van der Waals surface area contributed by atoms with Crippen LogP contribution in [-0.2, 0) is 4.74 Å². The van der Waals surface area contributed by atoms with Crippen molar-refractivity contribution >= 4 is 0 Å². The molecule has 3 atom stereocenters. The number of hydrogen-bond donors (Lipinski definition) is 2. The van der Waals surface area contributed by atoms with Gasteiger partial charge in [0.1, 0.15) is 0 Å². The molecule has 0 amide bonds. The first-order chi connectivity index (χ1) is 9.13. The monoisotopic (exact) mass is 262 g/mol. The Hall–Kier alpha value is -0.900. The molecule has 0 fully saturated rings. The number of ether oxygens (including phenoxy) is 1. The molecule has 0 aromatic heterocycles. The first-order valence-corrected chi connectivity index (χ1v) is 7.31. The van der Waals surface area contributed by atoms with Crippen LogP contribution in [0.15, 0.2) is 24.3 Å². The molecule has 0 bridgehead atoms. The molecule has 3 heteroatoms. The van der Waals surface area contributed by atoms with Gasteiger partial charge in [0.25, 0.3) is 0 Å². The van der Waals surface area contributed by atoms with Crippen molar-refractivity contribution in [3.8, 4) is 0 Å². The fourth-order valence-corrected chi connectivity index (χ4v) is 2.77. The zero-order valence-electron chi connectivity index (χ0n) is 12.2. The Balaban J connectivity index is 2.06. The van der Waals surface area contributed by atoms with E-state index in [1.807, 2.05) is 6.92 Å². The molecule has 1 aromatic rings. The van der Waals surface area contributed by atoms with E-state index in [1.54, 1.807) is 0 Å². The van der Waals surface area contributed by atoms with E-state index in [2.05, 4.69) is 43.4 Å². The summed E-state index contributed by atoms with van der Waals surface area (Å²) >= 11 is 0. The molecule has 0 saturated carbocycles. The van der Waals surface area contributed by atoms with Crippen LogP contribution in [0.2, 0.25) is 0 Å². The van der Waals surface area contributed by atoms with Gasteiger partial charge in [0.05, 0.1) is 6.61 Å². The molecule has 0 radical (unpaired) electrons. The van der Waals surface area contributed by atoms with Crippen LogP contribution in [0.4, 0.5) is 0 Å². The molecule has 3 nitrogen and oxygen atoms in total. The van der Waals surface area contributed by atoms with Gasteiger partial charge in [0.2, 0.25) is 0 Å². The van der Waals surface area contributed by atoms with Crippen LogP contribution in [0.5, 0.6) is 0 Å². The van der Waals surface area contributed by atoms with Crippen molar-refractivity contribution in [1.82, 2.24) is 5.32 Å². The fourth-order valence-electron chi connectivity index (χ4n) is 2.77. The van der Waals surface area contributed by atoms with E-state index in [-0.39, 0.29) is 6.04 Å². The van der Waals surface area contributed by atoms with Crippen LogP contribution in [-0.4, -0.2) is 19.3 Å². The molecular formula is C16H26N2O. The third-order valence-corrected chi connectivity index (χ3v) is 3.98. The molecule has 0 aliphatic heterocycles. The lowest BCUT2D eigenvalue weighted by molar-refractivity contribution is 0.103. The van der Waals surface area contributed by atoms with Gasteiger partial charge in [0, 0.05) is 24.7 Å². The summed E-state index contributed by atoms with van der Waals surface area (Å²) < 4.78 is 5.59. The van der Waals surface area contributed by atoms with E-state index in [0.717, 1.165) is 19.6 Å². The van der Waals surface area contributed by atoms with E-state index >= 15 is 0 Å². The van der Waals surface area contributed by atoms with Crippen molar-refractivity contribution in [2.75, 3.05) is 13.2 Å². The molecule has 2 rings (SSSR count). The topological polar surface area (TPSA) is 47.3 Å². The number of nitrogens with two attached hydrogens (primary N) is 1. The Kier molecular flexibility index (Phi) is 4.97. The molecule has 0 spiro atoms. The molecule has 106 valence electrons. The third kappa shape index (κ3) is 3.35. The predicted octanol–water partition coefficient (Wildman–Crippen LogP) is 2.78. The molecule has 1 aliphatic rings. The Labute approximate surface area is 116 Å². The van der Waals surface area contributed by atoms with Crippen molar-refractivity contribution in [2.45, 2.75) is 45.3 Å². The largest absolute Gasteiger partial charge is 0.380 e. The molecule has 1 aliphatic carbocycles. The highest BCUT2D eigenvalue weighted by atomic mass is 16.5. The molecule has 3 N–H and O–H groups in total. The van der Waals surface area contributed by atoms with Crippen LogP contribution >= 0.6 is 0 Å². The minimum Gasteiger partial charge on any atom is -0.380 e. The second-order valence-electron chi connectivity index (χ2n) is 5.70. The normalized spacial score (nSPS) is 23.6. The maximum atomic E-state index is 6.22. The molecule has 19 heavy (non-hydrogen) atoms. The lowest BCUT2D eigenvalue weighted by Crippen LogP contribution is -2.40. The van der Waals surface area contributed by atoms with Gasteiger partial charge in [-0.3, -0.25) is 0 Å². The van der Waals surface area contributed by atoms with Crippen molar-refractivity contribution in [3.63, 3.8) is 0 Å². The van der Waals surface area contributed by atoms with E-state index in [1.165, 1.54) is 11.1 Å². The van der Waals surface area contributed by atoms with Gasteiger partial charge in [-0.25, -0.2) is 0 Å². The van der Waals surface area contributed by atoms with E-state index in [9.17, 15) is 0 Å². The summed E-state index contributed by atoms with van der Waals surface area (Å²) in [6.07, 6.45) is 0.981. The number of benzene rings is 1. The maximum Gasteiger partial charge on any atom is 0.0622 e. The highest BCUT2D eigenvalue weighted by Crippen LogP contribution is 2.37. The average molecular weight is 262 g/mol. The minimum absolute atomic E-state index is 0.161. The van der Waals surface area contributed by atoms with Crippen LogP contribution in [0, 0.1) is 5.92 Å². The van der Waals surface area contributed by atoms with Crippen molar-refractivity contribution in [1.29, 1.82) is 0 Å². The fraction of sp³-hybridized carbons (Fsp3) is 0.625. The highest BCUT2D eigenvalue weighted by molar-refractivity contribution is 5.37. The summed E-state index contributed by atoms with van der Waals surface area (Å²) in [5.41, 5.74) is 8.87. The molecular weight excluding hydrogens is 236 g/mol. The van der Waals surface area contributed by atoms with E-state index in [4.69, 9.17) is 10.5 Å². The van der Waals surface area contributed by atoms with E-state index < -0.39 is 0 Å². The highest BCUT2D eigenvalue weighted by Gasteiger charge is 2.30. The summed E-state index contributed by atoms with van der Waals surface area (Å²) in [7, 11) is 0. The van der Waals surface area contributed by atoms with Crippen LogP contribution in [0.1, 0.15) is 50.4 Å². The smallest absolute Gasteiger partial charge is 0.0622 e. The molecule has 1 aromatic carbocycles. The van der Waals surface area contributed by atoms with Crippen LogP contribution < -0.4 is 11.1 Å². The van der Waals surface area contributed by atoms with Gasteiger partial charge >= 0.3 is 0 Å². The second kappa shape index (κ2) is 6.51. The number of rotatable bonds is 6. The summed E-state index contributed by atoms with van der Waals surface area (Å²) in [5.74, 6) is 0.551. The summed E-state index contributed by atoms with van der Waals surface area (Å²) in [6.45, 7) is 8.04. The standard InChI is InChI=1S/C16H26N2O/c1-4-19-10-16(11(2)3)18-15-9-14(17)12-7-5-6-8-13(12)15/h5-8,11,14-16,18H,4,9-10,17H2,1-3H3. The van der Waals surface area contributed by atoms with Gasteiger partial charge in [0.15, 0.2) is 0 Å². The van der Waals surface area contributed by atoms with Crippen LogP contribution in [0.25, 0.3) is 0 Å². The Morgan fingerprint density at radius 2 is 2.00 bits per heavy atom. The van der Waals surface area contributed by atoms with Gasteiger partial charge in [-0.05, 0) is 30.4 Å². The third-order valence-electron chi connectivity index (χ3n) is 3.98. The summed E-state index contributed by atoms with van der Waals surface area (Å²) in [5, 5.41) is 3.73.